The van der Waals surface area contributed by atoms with Crippen molar-refractivity contribution in [2.24, 2.45) is 5.16 Å². The summed E-state index contributed by atoms with van der Waals surface area (Å²) in [5.41, 5.74) is -0.0843. The van der Waals surface area contributed by atoms with Crippen LogP contribution in [-0.4, -0.2) is 57.3 Å². The smallest absolute Gasteiger partial charge is 0.353 e. The second-order valence-electron chi connectivity index (χ2n) is 5.01. The number of nitrogens with zero attached hydrogens (tertiary/aromatic N) is 2. The zero-order chi connectivity index (χ0) is 13.3. The van der Waals surface area contributed by atoms with Crippen LogP contribution in [0.5, 0.6) is 0 Å². The quantitative estimate of drug-likeness (QED) is 0.795. The Labute approximate surface area is 109 Å². The molecule has 0 aromatic heterocycles. The van der Waals surface area contributed by atoms with Crippen LogP contribution in [0.1, 0.15) is 20.3 Å². The molecular weight excluding hydrogens is 256 g/mol. The van der Waals surface area contributed by atoms with Crippen molar-refractivity contribution in [2.45, 2.75) is 31.1 Å². The second-order valence-corrected chi connectivity index (χ2v) is 6.81. The maximum absolute atomic E-state index is 12.2. The molecule has 0 radical (unpaired) electrons. The molecule has 0 saturated carbocycles. The molecule has 0 aliphatic carbocycles. The molecule has 0 aromatic carbocycles. The number of carboxylic acid groups (broad SMARTS) is 1. The second kappa shape index (κ2) is 4.79. The third kappa shape index (κ3) is 2.77. The predicted octanol–water partition coefficient (Wildman–Crippen LogP) is 0.570. The number of carbonyl (C=O) groups is 2. The number of hydrogen-bond acceptors (Lipinski definition) is 5. The summed E-state index contributed by atoms with van der Waals surface area (Å²) in [4.78, 5) is 29.5. The molecule has 7 heteroatoms. The summed E-state index contributed by atoms with van der Waals surface area (Å²) in [6, 6.07) is 0. The maximum Gasteiger partial charge on any atom is 0.353 e. The van der Waals surface area contributed by atoms with Gasteiger partial charge in [-0.1, -0.05) is 5.16 Å². The van der Waals surface area contributed by atoms with E-state index in [-0.39, 0.29) is 22.8 Å². The minimum atomic E-state index is -1.13. The number of aliphatic carboxylic acids is 1. The molecule has 2 aliphatic heterocycles. The molecule has 1 saturated heterocycles. The van der Waals surface area contributed by atoms with Gasteiger partial charge in [-0.05, 0) is 13.8 Å². The molecule has 0 bridgehead atoms. The minimum absolute atomic E-state index is 0.0308. The van der Waals surface area contributed by atoms with E-state index < -0.39 is 12.1 Å². The van der Waals surface area contributed by atoms with Crippen LogP contribution in [0.4, 0.5) is 0 Å². The van der Waals surface area contributed by atoms with Gasteiger partial charge in [0.15, 0.2) is 5.71 Å². The van der Waals surface area contributed by atoms with E-state index in [4.69, 9.17) is 9.94 Å². The molecule has 6 nitrogen and oxygen atoms in total. The van der Waals surface area contributed by atoms with Crippen molar-refractivity contribution in [3.63, 3.8) is 0 Å². The lowest BCUT2D eigenvalue weighted by atomic mass is 10.1. The number of carboxylic acids is 1. The number of amides is 1. The van der Waals surface area contributed by atoms with Crippen LogP contribution >= 0.6 is 11.8 Å². The molecule has 18 heavy (non-hydrogen) atoms. The van der Waals surface area contributed by atoms with Crippen molar-refractivity contribution < 1.29 is 19.5 Å². The van der Waals surface area contributed by atoms with E-state index in [1.54, 1.807) is 4.90 Å². The van der Waals surface area contributed by atoms with Gasteiger partial charge in [0.1, 0.15) is 0 Å². The Morgan fingerprint density at radius 1 is 1.56 bits per heavy atom. The Hall–Kier alpha value is -1.24. The van der Waals surface area contributed by atoms with Gasteiger partial charge in [0, 0.05) is 30.0 Å². The predicted molar refractivity (Wildman–Crippen MR) is 67.7 cm³/mol. The number of hydrogen-bond donors (Lipinski definition) is 1. The highest BCUT2D eigenvalue weighted by Gasteiger charge is 2.37. The summed E-state index contributed by atoms with van der Waals surface area (Å²) < 4.78 is 0.0308. The zero-order valence-corrected chi connectivity index (χ0v) is 11.2. The fraction of sp³-hybridized carbons (Fsp3) is 0.727. The summed E-state index contributed by atoms with van der Waals surface area (Å²) in [6.45, 7) is 5.51. The first-order valence-electron chi connectivity index (χ1n) is 5.78. The van der Waals surface area contributed by atoms with Crippen molar-refractivity contribution in [3.05, 3.63) is 0 Å². The molecule has 1 N–H and O–H groups in total. The van der Waals surface area contributed by atoms with Gasteiger partial charge in [-0.3, -0.25) is 4.79 Å². The summed E-state index contributed by atoms with van der Waals surface area (Å²) >= 11 is 1.83. The molecule has 1 unspecified atom stereocenters. The van der Waals surface area contributed by atoms with Crippen LogP contribution < -0.4 is 0 Å². The minimum Gasteiger partial charge on any atom is -0.477 e. The topological polar surface area (TPSA) is 79.2 Å². The Bertz CT molecular complexity index is 408. The highest BCUT2D eigenvalue weighted by Crippen LogP contribution is 2.30. The maximum atomic E-state index is 12.2. The largest absolute Gasteiger partial charge is 0.477 e. The van der Waals surface area contributed by atoms with E-state index in [0.29, 0.717) is 13.1 Å². The lowest BCUT2D eigenvalue weighted by Gasteiger charge is -2.38. The average Bonchev–Trinajstić information content (AvgIpc) is 2.76. The van der Waals surface area contributed by atoms with E-state index >= 15 is 0 Å². The van der Waals surface area contributed by atoms with Crippen LogP contribution in [0.3, 0.4) is 0 Å². The molecule has 1 amide bonds. The first kappa shape index (κ1) is 13.2. The molecule has 100 valence electrons. The monoisotopic (exact) mass is 272 g/mol. The number of thioether (sulfide) groups is 1. The van der Waals surface area contributed by atoms with Crippen molar-refractivity contribution in [3.8, 4) is 0 Å². The molecular formula is C11H16N2O4S. The van der Waals surface area contributed by atoms with Gasteiger partial charge >= 0.3 is 5.97 Å². The highest BCUT2D eigenvalue weighted by atomic mass is 32.2. The van der Waals surface area contributed by atoms with E-state index in [1.165, 1.54) is 0 Å². The number of oxime groups is 1. The molecule has 2 rings (SSSR count). The standard InChI is InChI=1S/C11H16N2O4S/c1-11(2)6-13(3-4-18-11)9(14)8-5-7(10(15)16)12-17-8/h8H,3-6H2,1-2H3,(H,15,16). The highest BCUT2D eigenvalue weighted by molar-refractivity contribution is 8.00. The van der Waals surface area contributed by atoms with Crippen LogP contribution in [0.2, 0.25) is 0 Å². The summed E-state index contributed by atoms with van der Waals surface area (Å²) in [6.07, 6.45) is -0.715. The van der Waals surface area contributed by atoms with Gasteiger partial charge in [-0.15, -0.1) is 0 Å². The zero-order valence-electron chi connectivity index (χ0n) is 10.4. The third-order valence-electron chi connectivity index (χ3n) is 2.93. The molecule has 0 aromatic rings. The normalized spacial score (nSPS) is 26.4. The Kier molecular flexibility index (Phi) is 3.52. The van der Waals surface area contributed by atoms with Crippen LogP contribution in [0.15, 0.2) is 5.16 Å². The van der Waals surface area contributed by atoms with Gasteiger partial charge < -0.3 is 14.8 Å². The first-order valence-corrected chi connectivity index (χ1v) is 6.76. The number of carbonyl (C=O) groups excluding carboxylic acids is 1. The van der Waals surface area contributed by atoms with Gasteiger partial charge in [-0.25, -0.2) is 4.79 Å². The lowest BCUT2D eigenvalue weighted by molar-refractivity contribution is -0.142. The van der Waals surface area contributed by atoms with Gasteiger partial charge in [0.2, 0.25) is 6.10 Å². The SMILES string of the molecule is CC1(C)CN(C(=O)C2CC(C(=O)O)=NO2)CCS1. The molecule has 1 atom stereocenters. The molecule has 1 fully saturated rings. The van der Waals surface area contributed by atoms with Crippen LogP contribution in [0.25, 0.3) is 0 Å². The Morgan fingerprint density at radius 3 is 2.83 bits per heavy atom. The Balaban J connectivity index is 1.95. The average molecular weight is 272 g/mol. The van der Waals surface area contributed by atoms with Crippen molar-refractivity contribution in [1.29, 1.82) is 0 Å². The van der Waals surface area contributed by atoms with Crippen molar-refractivity contribution in [2.75, 3.05) is 18.8 Å². The summed E-state index contributed by atoms with van der Waals surface area (Å²) in [5, 5.41) is 12.2. The van der Waals surface area contributed by atoms with Crippen molar-refractivity contribution in [1.82, 2.24) is 4.90 Å². The number of rotatable bonds is 2. The summed E-state index contributed by atoms with van der Waals surface area (Å²) in [7, 11) is 0. The fourth-order valence-corrected chi connectivity index (χ4v) is 3.16. The molecule has 2 aliphatic rings. The Morgan fingerprint density at radius 2 is 2.28 bits per heavy atom. The first-order chi connectivity index (χ1) is 8.39. The van der Waals surface area contributed by atoms with Crippen LogP contribution in [-0.2, 0) is 14.4 Å². The van der Waals surface area contributed by atoms with Gasteiger partial charge in [0.05, 0.1) is 0 Å². The molecule has 2 heterocycles. The third-order valence-corrected chi connectivity index (χ3v) is 4.23. The lowest BCUT2D eigenvalue weighted by Crippen LogP contribution is -2.49. The van der Waals surface area contributed by atoms with E-state index in [2.05, 4.69) is 19.0 Å². The molecule has 0 spiro atoms. The van der Waals surface area contributed by atoms with Crippen LogP contribution in [0, 0.1) is 0 Å². The fourth-order valence-electron chi connectivity index (χ4n) is 2.04. The van der Waals surface area contributed by atoms with E-state index in [1.807, 2.05) is 11.8 Å². The van der Waals surface area contributed by atoms with E-state index in [9.17, 15) is 9.59 Å². The van der Waals surface area contributed by atoms with E-state index in [0.717, 1.165) is 5.75 Å². The van der Waals surface area contributed by atoms with Gasteiger partial charge in [0.25, 0.3) is 5.91 Å². The van der Waals surface area contributed by atoms with Gasteiger partial charge in [-0.2, -0.15) is 11.8 Å². The van der Waals surface area contributed by atoms with Crippen molar-refractivity contribution >= 4 is 29.4 Å². The summed E-state index contributed by atoms with van der Waals surface area (Å²) in [5.74, 6) is -0.402.